The van der Waals surface area contributed by atoms with Gasteiger partial charge in [0.05, 0.1) is 6.54 Å². The number of aromatic nitrogens is 3. The van der Waals surface area contributed by atoms with Crippen LogP contribution >= 0.6 is 11.3 Å². The molecule has 4 rings (SSSR count). The van der Waals surface area contributed by atoms with Crippen molar-refractivity contribution >= 4 is 29.2 Å². The molecular weight excluding hydrogens is 416 g/mol. The molecule has 32 heavy (non-hydrogen) atoms. The quantitative estimate of drug-likeness (QED) is 0.475. The molecular formula is C25H28N6S. The Morgan fingerprint density at radius 3 is 2.50 bits per heavy atom. The van der Waals surface area contributed by atoms with E-state index in [0.29, 0.717) is 12.5 Å². The summed E-state index contributed by atoms with van der Waals surface area (Å²) in [5.74, 6) is 1.54. The summed E-state index contributed by atoms with van der Waals surface area (Å²) in [6, 6.07) is 8.54. The lowest BCUT2D eigenvalue weighted by molar-refractivity contribution is 0.850. The largest absolute Gasteiger partial charge is 0.262 e. The van der Waals surface area contributed by atoms with Gasteiger partial charge in [-0.1, -0.05) is 42.5 Å². The highest BCUT2D eigenvalue weighted by Crippen LogP contribution is 2.38. The van der Waals surface area contributed by atoms with E-state index in [1.807, 2.05) is 38.1 Å². The lowest BCUT2D eigenvalue weighted by atomic mass is 9.99. The fourth-order valence-electron chi connectivity index (χ4n) is 3.61. The van der Waals surface area contributed by atoms with Crippen molar-refractivity contribution in [1.29, 1.82) is 0 Å². The fraction of sp³-hybridized carbons (Fsp3) is 0.280. The van der Waals surface area contributed by atoms with Crippen molar-refractivity contribution in [3.63, 3.8) is 0 Å². The number of aliphatic imine (C=N–C) groups is 1. The molecule has 0 radical (unpaired) electrons. The van der Waals surface area contributed by atoms with Crippen molar-refractivity contribution in [3.05, 3.63) is 81.1 Å². The number of benzene rings is 1. The van der Waals surface area contributed by atoms with E-state index in [4.69, 9.17) is 5.10 Å². The second kappa shape index (κ2) is 8.67. The summed E-state index contributed by atoms with van der Waals surface area (Å²) in [7, 11) is 0. The number of nitrogens with zero attached hydrogens (tertiary/aromatic N) is 6. The highest BCUT2D eigenvalue weighted by molar-refractivity contribution is 7.15. The maximum atomic E-state index is 5.17. The van der Waals surface area contributed by atoms with Gasteiger partial charge in [0.2, 0.25) is 0 Å². The topological polar surface area (TPSA) is 58.7 Å². The molecule has 7 heteroatoms. The molecule has 2 aromatic heterocycles. The number of allylic oxidation sites excluding steroid dienone is 2. The molecule has 1 aliphatic rings. The maximum Gasteiger partial charge on any atom is 0.253 e. The van der Waals surface area contributed by atoms with E-state index < -0.39 is 0 Å². The Hall–Kier alpha value is -3.32. The normalized spacial score (nSPS) is 13.8. The Kier molecular flexibility index (Phi) is 5.93. The van der Waals surface area contributed by atoms with Gasteiger partial charge >= 0.3 is 0 Å². The standard InChI is InChI=1S/C25H28N6S/c1-8-20(13-26-15(2)3)14-30-25-28-27-19(7)31(25)24-22(17(5)18(6)32-24)23(29-30)21-11-9-16(4)10-12-21/h8-13H,2,14H2,1,3-7H3/b20-8+,26-13-. The van der Waals surface area contributed by atoms with Crippen LogP contribution in [0.4, 0.5) is 5.95 Å². The molecule has 1 aliphatic heterocycles. The second-order valence-electron chi connectivity index (χ2n) is 8.08. The Labute approximate surface area is 193 Å². The van der Waals surface area contributed by atoms with Crippen LogP contribution in [0, 0.1) is 27.7 Å². The lowest BCUT2D eigenvalue weighted by Crippen LogP contribution is -2.24. The van der Waals surface area contributed by atoms with Crippen LogP contribution < -0.4 is 5.01 Å². The zero-order valence-corrected chi connectivity index (χ0v) is 20.3. The Bertz CT molecular complexity index is 1270. The first-order chi connectivity index (χ1) is 15.3. The zero-order valence-electron chi connectivity index (χ0n) is 19.5. The maximum absolute atomic E-state index is 5.17. The highest BCUT2D eigenvalue weighted by Gasteiger charge is 2.30. The van der Waals surface area contributed by atoms with E-state index in [-0.39, 0.29) is 0 Å². The molecule has 0 saturated heterocycles. The Balaban J connectivity index is 1.94. The molecule has 3 aromatic rings. The van der Waals surface area contributed by atoms with Gasteiger partial charge in [-0.05, 0) is 52.7 Å². The third-order valence-corrected chi connectivity index (χ3v) is 6.74. The van der Waals surface area contributed by atoms with Gasteiger partial charge in [0.25, 0.3) is 5.95 Å². The van der Waals surface area contributed by atoms with Gasteiger partial charge in [0.15, 0.2) is 0 Å². The number of thiophene rings is 1. The third-order valence-electron chi connectivity index (χ3n) is 5.54. The first kappa shape index (κ1) is 21.9. The molecule has 3 heterocycles. The monoisotopic (exact) mass is 444 g/mol. The summed E-state index contributed by atoms with van der Waals surface area (Å²) < 4.78 is 2.12. The first-order valence-corrected chi connectivity index (χ1v) is 11.4. The van der Waals surface area contributed by atoms with E-state index >= 15 is 0 Å². The van der Waals surface area contributed by atoms with Gasteiger partial charge in [-0.3, -0.25) is 9.56 Å². The minimum Gasteiger partial charge on any atom is -0.262 e. The van der Waals surface area contributed by atoms with Crippen molar-refractivity contribution in [2.45, 2.75) is 41.5 Å². The molecule has 0 spiro atoms. The molecule has 0 unspecified atom stereocenters. The summed E-state index contributed by atoms with van der Waals surface area (Å²) in [5.41, 5.74) is 7.40. The van der Waals surface area contributed by atoms with Gasteiger partial charge in [0, 0.05) is 27.9 Å². The van der Waals surface area contributed by atoms with Gasteiger partial charge in [-0.25, -0.2) is 5.01 Å². The van der Waals surface area contributed by atoms with Crippen LogP contribution in [0.15, 0.2) is 58.3 Å². The van der Waals surface area contributed by atoms with Gasteiger partial charge in [-0.15, -0.1) is 21.5 Å². The summed E-state index contributed by atoms with van der Waals surface area (Å²) >= 11 is 1.76. The summed E-state index contributed by atoms with van der Waals surface area (Å²) in [6.45, 7) is 16.7. The summed E-state index contributed by atoms with van der Waals surface area (Å²) in [4.78, 5) is 5.65. The van der Waals surface area contributed by atoms with Crippen LogP contribution in [0.25, 0.3) is 5.00 Å². The number of hydrogen-bond donors (Lipinski definition) is 0. The molecule has 0 N–H and O–H groups in total. The van der Waals surface area contributed by atoms with Crippen LogP contribution in [-0.2, 0) is 0 Å². The molecule has 0 amide bonds. The predicted molar refractivity (Wildman–Crippen MR) is 135 cm³/mol. The predicted octanol–water partition coefficient (Wildman–Crippen LogP) is 5.69. The van der Waals surface area contributed by atoms with Crippen molar-refractivity contribution < 1.29 is 0 Å². The van der Waals surface area contributed by atoms with Crippen molar-refractivity contribution in [2.24, 2.45) is 10.1 Å². The Morgan fingerprint density at radius 2 is 1.84 bits per heavy atom. The molecule has 0 fully saturated rings. The molecule has 164 valence electrons. The number of aryl methyl sites for hydroxylation is 3. The van der Waals surface area contributed by atoms with E-state index in [0.717, 1.165) is 38.9 Å². The average molecular weight is 445 g/mol. The SMILES string of the molecule is C=C(C)/N=C\C(=C/C)CN1N=C(c2ccc(C)cc2)c2c(sc(C)c2C)-n2c(C)nnc21. The molecule has 0 atom stereocenters. The molecule has 0 saturated carbocycles. The van der Waals surface area contributed by atoms with Crippen LogP contribution in [0.3, 0.4) is 0 Å². The number of hydrogen-bond acceptors (Lipinski definition) is 6. The van der Waals surface area contributed by atoms with Crippen LogP contribution in [0.1, 0.15) is 46.8 Å². The van der Waals surface area contributed by atoms with Gasteiger partial charge in [0.1, 0.15) is 16.5 Å². The first-order valence-electron chi connectivity index (χ1n) is 10.6. The smallest absolute Gasteiger partial charge is 0.253 e. The Morgan fingerprint density at radius 1 is 1.12 bits per heavy atom. The number of fused-ring (bicyclic) bond motifs is 3. The van der Waals surface area contributed by atoms with E-state index in [2.05, 4.69) is 71.4 Å². The summed E-state index contributed by atoms with van der Waals surface area (Å²) in [6.07, 6.45) is 3.88. The number of hydrazone groups is 1. The second-order valence-corrected chi connectivity index (χ2v) is 9.28. The molecule has 6 nitrogen and oxygen atoms in total. The third kappa shape index (κ3) is 3.96. The summed E-state index contributed by atoms with van der Waals surface area (Å²) in [5, 5.41) is 17.1. The highest BCUT2D eigenvalue weighted by atomic mass is 32.1. The van der Waals surface area contributed by atoms with E-state index in [1.54, 1.807) is 11.3 Å². The lowest BCUT2D eigenvalue weighted by Gasteiger charge is -2.18. The van der Waals surface area contributed by atoms with Crippen molar-refractivity contribution in [3.8, 4) is 5.00 Å². The zero-order chi connectivity index (χ0) is 23.0. The van der Waals surface area contributed by atoms with Crippen LogP contribution in [-0.4, -0.2) is 33.2 Å². The molecule has 0 aliphatic carbocycles. The van der Waals surface area contributed by atoms with E-state index in [9.17, 15) is 0 Å². The fourth-order valence-corrected chi connectivity index (χ4v) is 4.81. The average Bonchev–Trinajstić information content (AvgIpc) is 3.23. The van der Waals surface area contributed by atoms with Gasteiger partial charge < -0.3 is 0 Å². The molecule has 1 aromatic carbocycles. The van der Waals surface area contributed by atoms with Crippen LogP contribution in [0.5, 0.6) is 0 Å². The van der Waals surface area contributed by atoms with Gasteiger partial charge in [-0.2, -0.15) is 5.10 Å². The number of anilines is 1. The van der Waals surface area contributed by atoms with Crippen LogP contribution in [0.2, 0.25) is 0 Å². The van der Waals surface area contributed by atoms with Crippen molar-refractivity contribution in [2.75, 3.05) is 11.6 Å². The number of rotatable bonds is 5. The minimum atomic E-state index is 0.522. The molecule has 0 bridgehead atoms. The van der Waals surface area contributed by atoms with E-state index in [1.165, 1.54) is 16.0 Å². The minimum absolute atomic E-state index is 0.522. The van der Waals surface area contributed by atoms with Crippen molar-refractivity contribution in [1.82, 2.24) is 14.8 Å².